The number of amides is 1. The first-order valence-corrected chi connectivity index (χ1v) is 8.91. The van der Waals surface area contributed by atoms with Gasteiger partial charge in [-0.1, -0.05) is 12.1 Å². The number of ether oxygens (including phenoxy) is 1. The van der Waals surface area contributed by atoms with Gasteiger partial charge in [0.05, 0.1) is 12.3 Å². The molecule has 0 saturated heterocycles. The van der Waals surface area contributed by atoms with Crippen molar-refractivity contribution < 1.29 is 13.9 Å². The molecule has 2 aromatic carbocycles. The number of carbonyl (C=O) groups is 1. The zero-order valence-corrected chi connectivity index (χ0v) is 14.9. The monoisotopic (exact) mass is 366 g/mol. The Bertz CT molecular complexity index is 964. The molecule has 1 saturated carbocycles. The van der Waals surface area contributed by atoms with E-state index in [1.165, 1.54) is 12.1 Å². The molecule has 0 bridgehead atoms. The highest BCUT2D eigenvalue weighted by Crippen LogP contribution is 2.30. The van der Waals surface area contributed by atoms with Gasteiger partial charge >= 0.3 is 6.01 Å². The van der Waals surface area contributed by atoms with Crippen molar-refractivity contribution in [1.82, 2.24) is 14.8 Å². The van der Waals surface area contributed by atoms with E-state index in [1.54, 1.807) is 16.8 Å². The molecule has 0 spiro atoms. The van der Waals surface area contributed by atoms with E-state index in [2.05, 4.69) is 15.4 Å². The Morgan fingerprint density at radius 3 is 2.70 bits per heavy atom. The van der Waals surface area contributed by atoms with Gasteiger partial charge in [-0.15, -0.1) is 5.10 Å². The second-order valence-corrected chi connectivity index (χ2v) is 6.38. The third-order valence-corrected chi connectivity index (χ3v) is 4.27. The Hall–Kier alpha value is -3.22. The van der Waals surface area contributed by atoms with E-state index < -0.39 is 0 Å². The molecule has 7 heteroatoms. The van der Waals surface area contributed by atoms with Crippen LogP contribution in [0.5, 0.6) is 6.01 Å². The molecule has 1 aromatic heterocycles. The summed E-state index contributed by atoms with van der Waals surface area (Å²) in [5.41, 5.74) is 2.06. The SMILES string of the molecule is CCOc1nc(-c2cccc(F)c2)n(-c2ccc(NC(=O)C3CC3)cc2)n1. The van der Waals surface area contributed by atoms with E-state index >= 15 is 0 Å². The smallest absolute Gasteiger partial charge is 0.336 e. The molecule has 138 valence electrons. The van der Waals surface area contributed by atoms with E-state index in [0.29, 0.717) is 18.0 Å². The maximum Gasteiger partial charge on any atom is 0.336 e. The lowest BCUT2D eigenvalue weighted by Crippen LogP contribution is -2.13. The van der Waals surface area contributed by atoms with Crippen molar-refractivity contribution in [2.45, 2.75) is 19.8 Å². The Balaban J connectivity index is 1.66. The second kappa shape index (κ2) is 7.19. The van der Waals surface area contributed by atoms with E-state index in [9.17, 15) is 9.18 Å². The molecule has 1 N–H and O–H groups in total. The molecule has 3 aromatic rings. The summed E-state index contributed by atoms with van der Waals surface area (Å²) >= 11 is 0. The first-order chi connectivity index (χ1) is 13.1. The van der Waals surface area contributed by atoms with Crippen LogP contribution in [-0.2, 0) is 4.79 Å². The van der Waals surface area contributed by atoms with E-state index in [0.717, 1.165) is 24.2 Å². The van der Waals surface area contributed by atoms with E-state index in [-0.39, 0.29) is 23.7 Å². The van der Waals surface area contributed by atoms with Crippen LogP contribution in [0, 0.1) is 11.7 Å². The lowest BCUT2D eigenvalue weighted by atomic mass is 10.2. The van der Waals surface area contributed by atoms with Crippen LogP contribution in [0.4, 0.5) is 10.1 Å². The number of hydrogen-bond donors (Lipinski definition) is 1. The summed E-state index contributed by atoms with van der Waals surface area (Å²) in [6.07, 6.45) is 1.92. The van der Waals surface area contributed by atoms with Crippen molar-refractivity contribution >= 4 is 11.6 Å². The largest absolute Gasteiger partial charge is 0.463 e. The summed E-state index contributed by atoms with van der Waals surface area (Å²) in [6, 6.07) is 13.7. The van der Waals surface area contributed by atoms with Crippen LogP contribution >= 0.6 is 0 Å². The fraction of sp³-hybridized carbons (Fsp3) is 0.250. The highest BCUT2D eigenvalue weighted by Gasteiger charge is 2.29. The molecule has 1 aliphatic carbocycles. The first kappa shape index (κ1) is 17.2. The number of anilines is 1. The number of rotatable bonds is 6. The standard InChI is InChI=1S/C20H19FN4O2/c1-2-27-20-23-18(14-4-3-5-15(21)12-14)25(24-20)17-10-8-16(9-11-17)22-19(26)13-6-7-13/h3-5,8-13H,2,6-7H2,1H3,(H,22,26). The maximum atomic E-state index is 13.7. The fourth-order valence-electron chi connectivity index (χ4n) is 2.75. The molecule has 0 unspecified atom stereocenters. The molecule has 1 heterocycles. The minimum absolute atomic E-state index is 0.0580. The highest BCUT2D eigenvalue weighted by molar-refractivity contribution is 5.94. The van der Waals surface area contributed by atoms with Crippen molar-refractivity contribution in [1.29, 1.82) is 0 Å². The van der Waals surface area contributed by atoms with Gasteiger partial charge in [-0.2, -0.15) is 4.98 Å². The van der Waals surface area contributed by atoms with Crippen molar-refractivity contribution in [2.24, 2.45) is 5.92 Å². The van der Waals surface area contributed by atoms with Crippen molar-refractivity contribution in [3.05, 3.63) is 54.3 Å². The molecule has 4 rings (SSSR count). The van der Waals surface area contributed by atoms with Gasteiger partial charge in [0.2, 0.25) is 5.91 Å². The average Bonchev–Trinajstić information content (AvgIpc) is 3.44. The predicted molar refractivity (Wildman–Crippen MR) is 99.3 cm³/mol. The van der Waals surface area contributed by atoms with Crippen LogP contribution < -0.4 is 10.1 Å². The molecular weight excluding hydrogens is 347 g/mol. The number of hydrogen-bond acceptors (Lipinski definition) is 4. The highest BCUT2D eigenvalue weighted by atomic mass is 19.1. The molecule has 1 fully saturated rings. The third kappa shape index (κ3) is 3.81. The third-order valence-electron chi connectivity index (χ3n) is 4.27. The molecular formula is C20H19FN4O2. The van der Waals surface area contributed by atoms with Crippen molar-refractivity contribution in [3.8, 4) is 23.1 Å². The van der Waals surface area contributed by atoms with Crippen LogP contribution in [0.1, 0.15) is 19.8 Å². The topological polar surface area (TPSA) is 69.0 Å². The molecule has 0 atom stereocenters. The lowest BCUT2D eigenvalue weighted by Gasteiger charge is -2.08. The summed E-state index contributed by atoms with van der Waals surface area (Å²) in [6.45, 7) is 2.28. The molecule has 27 heavy (non-hydrogen) atoms. The van der Waals surface area contributed by atoms with Crippen LogP contribution in [0.25, 0.3) is 17.1 Å². The summed E-state index contributed by atoms with van der Waals surface area (Å²) in [7, 11) is 0. The summed E-state index contributed by atoms with van der Waals surface area (Å²) < 4.78 is 20.7. The minimum atomic E-state index is -0.349. The first-order valence-electron chi connectivity index (χ1n) is 8.91. The number of benzene rings is 2. The average molecular weight is 366 g/mol. The van der Waals surface area contributed by atoms with Gasteiger partial charge in [0.1, 0.15) is 5.82 Å². The Labute approximate surface area is 156 Å². The summed E-state index contributed by atoms with van der Waals surface area (Å²) in [5, 5.41) is 7.28. The second-order valence-electron chi connectivity index (χ2n) is 6.38. The fourth-order valence-corrected chi connectivity index (χ4v) is 2.75. The van der Waals surface area contributed by atoms with Crippen LogP contribution in [0.3, 0.4) is 0 Å². The summed E-state index contributed by atoms with van der Waals surface area (Å²) in [5.74, 6) is 0.335. The molecule has 6 nitrogen and oxygen atoms in total. The van der Waals surface area contributed by atoms with Crippen LogP contribution in [0.15, 0.2) is 48.5 Å². The predicted octanol–water partition coefficient (Wildman–Crippen LogP) is 3.82. The maximum absolute atomic E-state index is 13.7. The van der Waals surface area contributed by atoms with Gasteiger partial charge in [0, 0.05) is 17.2 Å². The van der Waals surface area contributed by atoms with Crippen LogP contribution in [0.2, 0.25) is 0 Å². The number of halogens is 1. The number of aromatic nitrogens is 3. The van der Waals surface area contributed by atoms with Gasteiger partial charge in [-0.3, -0.25) is 4.79 Å². The van der Waals surface area contributed by atoms with Gasteiger partial charge < -0.3 is 10.1 Å². The number of nitrogens with zero attached hydrogens (tertiary/aromatic N) is 3. The van der Waals surface area contributed by atoms with Gasteiger partial charge in [-0.25, -0.2) is 9.07 Å². The zero-order chi connectivity index (χ0) is 18.8. The normalized spacial score (nSPS) is 13.4. The van der Waals surface area contributed by atoms with Crippen molar-refractivity contribution in [2.75, 3.05) is 11.9 Å². The van der Waals surface area contributed by atoms with E-state index in [1.807, 2.05) is 31.2 Å². The molecule has 0 radical (unpaired) electrons. The lowest BCUT2D eigenvalue weighted by molar-refractivity contribution is -0.117. The Morgan fingerprint density at radius 1 is 1.26 bits per heavy atom. The molecule has 0 aliphatic heterocycles. The van der Waals surface area contributed by atoms with Crippen molar-refractivity contribution in [3.63, 3.8) is 0 Å². The van der Waals surface area contributed by atoms with Gasteiger partial charge in [-0.05, 0) is 56.2 Å². The Kier molecular flexibility index (Phi) is 4.58. The van der Waals surface area contributed by atoms with Gasteiger partial charge in [0.15, 0.2) is 5.82 Å². The summed E-state index contributed by atoms with van der Waals surface area (Å²) in [4.78, 5) is 16.3. The number of nitrogens with one attached hydrogen (secondary N) is 1. The number of carbonyl (C=O) groups excluding carboxylic acids is 1. The quantitative estimate of drug-likeness (QED) is 0.720. The van der Waals surface area contributed by atoms with Crippen LogP contribution in [-0.4, -0.2) is 27.3 Å². The Morgan fingerprint density at radius 2 is 2.04 bits per heavy atom. The van der Waals surface area contributed by atoms with Gasteiger partial charge in [0.25, 0.3) is 0 Å². The minimum Gasteiger partial charge on any atom is -0.463 e. The zero-order valence-electron chi connectivity index (χ0n) is 14.9. The molecule has 1 aliphatic rings. The molecule has 1 amide bonds. The van der Waals surface area contributed by atoms with E-state index in [4.69, 9.17) is 4.74 Å².